The Kier molecular flexibility index (Phi) is 5.84. The minimum absolute atomic E-state index is 0.0561. The van der Waals surface area contributed by atoms with Crippen molar-refractivity contribution in [1.29, 1.82) is 0 Å². The maximum Gasteiger partial charge on any atom is 0.226 e. The fraction of sp³-hybridized carbons (Fsp3) is 0.278. The first-order valence-electron chi connectivity index (χ1n) is 7.44. The number of halogens is 1. The molecule has 0 heterocycles. The van der Waals surface area contributed by atoms with Crippen molar-refractivity contribution in [2.45, 2.75) is 26.2 Å². The Morgan fingerprint density at radius 3 is 2.41 bits per heavy atom. The third kappa shape index (κ3) is 4.78. The quantitative estimate of drug-likeness (QED) is 0.795. The molecule has 0 radical (unpaired) electrons. The van der Waals surface area contributed by atoms with Crippen LogP contribution in [0.3, 0.4) is 0 Å². The van der Waals surface area contributed by atoms with Gasteiger partial charge in [-0.25, -0.2) is 0 Å². The number of hydrogen-bond donors (Lipinski definition) is 2. The van der Waals surface area contributed by atoms with Gasteiger partial charge < -0.3 is 10.6 Å². The summed E-state index contributed by atoms with van der Waals surface area (Å²) in [6, 6.07) is 15.5. The SMILES string of the molecule is CC(C)c1ccc(NCCC(=O)Nc2ccccc2Cl)cc1. The predicted octanol–water partition coefficient (Wildman–Crippen LogP) is 4.90. The van der Waals surface area contributed by atoms with E-state index >= 15 is 0 Å². The van der Waals surface area contributed by atoms with Gasteiger partial charge in [0.05, 0.1) is 10.7 Å². The Labute approximate surface area is 136 Å². The van der Waals surface area contributed by atoms with Crippen LogP contribution in [0.2, 0.25) is 5.02 Å². The number of hydrogen-bond acceptors (Lipinski definition) is 2. The van der Waals surface area contributed by atoms with Crippen LogP contribution in [-0.2, 0) is 4.79 Å². The molecule has 0 aliphatic carbocycles. The minimum Gasteiger partial charge on any atom is -0.385 e. The molecule has 1 amide bonds. The van der Waals surface area contributed by atoms with Crippen molar-refractivity contribution in [3.05, 3.63) is 59.1 Å². The van der Waals surface area contributed by atoms with Gasteiger partial charge in [-0.05, 0) is 35.7 Å². The number of carbonyl (C=O) groups excluding carboxylic acids is 1. The molecule has 4 heteroatoms. The molecule has 0 unspecified atom stereocenters. The van der Waals surface area contributed by atoms with E-state index in [2.05, 4.69) is 36.6 Å². The number of rotatable bonds is 6. The highest BCUT2D eigenvalue weighted by atomic mass is 35.5. The van der Waals surface area contributed by atoms with E-state index in [4.69, 9.17) is 11.6 Å². The van der Waals surface area contributed by atoms with Gasteiger partial charge in [-0.1, -0.05) is 49.7 Å². The fourth-order valence-electron chi connectivity index (χ4n) is 2.08. The van der Waals surface area contributed by atoms with Gasteiger partial charge in [0, 0.05) is 18.7 Å². The Hall–Kier alpha value is -2.00. The first-order chi connectivity index (χ1) is 10.6. The third-order valence-corrected chi connectivity index (χ3v) is 3.74. The lowest BCUT2D eigenvalue weighted by Crippen LogP contribution is -2.16. The topological polar surface area (TPSA) is 41.1 Å². The van der Waals surface area contributed by atoms with Crippen LogP contribution in [0, 0.1) is 0 Å². The summed E-state index contributed by atoms with van der Waals surface area (Å²) < 4.78 is 0. The molecule has 22 heavy (non-hydrogen) atoms. The summed E-state index contributed by atoms with van der Waals surface area (Å²) in [4.78, 5) is 11.9. The zero-order valence-corrected chi connectivity index (χ0v) is 13.7. The third-order valence-electron chi connectivity index (χ3n) is 3.41. The summed E-state index contributed by atoms with van der Waals surface area (Å²) in [5, 5.41) is 6.61. The summed E-state index contributed by atoms with van der Waals surface area (Å²) in [6.07, 6.45) is 0.386. The van der Waals surface area contributed by atoms with Gasteiger partial charge in [0.1, 0.15) is 0 Å². The maximum absolute atomic E-state index is 11.9. The van der Waals surface area contributed by atoms with Crippen molar-refractivity contribution in [3.63, 3.8) is 0 Å². The van der Waals surface area contributed by atoms with Crippen molar-refractivity contribution < 1.29 is 4.79 Å². The van der Waals surface area contributed by atoms with Crippen LogP contribution in [0.4, 0.5) is 11.4 Å². The molecular weight excluding hydrogens is 296 g/mol. The first kappa shape index (κ1) is 16.4. The van der Waals surface area contributed by atoms with Crippen molar-refractivity contribution in [3.8, 4) is 0 Å². The van der Waals surface area contributed by atoms with Crippen molar-refractivity contribution in [1.82, 2.24) is 0 Å². The maximum atomic E-state index is 11.9. The normalized spacial score (nSPS) is 10.5. The van der Waals surface area contributed by atoms with Crippen LogP contribution in [-0.4, -0.2) is 12.5 Å². The Morgan fingerprint density at radius 2 is 1.77 bits per heavy atom. The van der Waals surface area contributed by atoms with Gasteiger partial charge in [0.25, 0.3) is 0 Å². The predicted molar refractivity (Wildman–Crippen MR) is 93.7 cm³/mol. The highest BCUT2D eigenvalue weighted by Crippen LogP contribution is 2.20. The van der Waals surface area contributed by atoms with E-state index in [1.165, 1.54) is 5.56 Å². The van der Waals surface area contributed by atoms with Gasteiger partial charge in [-0.15, -0.1) is 0 Å². The number of benzene rings is 2. The molecule has 0 saturated carbocycles. The molecule has 0 aliphatic rings. The van der Waals surface area contributed by atoms with Gasteiger partial charge in [0.15, 0.2) is 0 Å². The van der Waals surface area contributed by atoms with Crippen molar-refractivity contribution in [2.75, 3.05) is 17.2 Å². The molecule has 0 aliphatic heterocycles. The fourth-order valence-corrected chi connectivity index (χ4v) is 2.26. The number of amides is 1. The second kappa shape index (κ2) is 7.85. The molecular formula is C18H21ClN2O. The Bertz CT molecular complexity index is 623. The molecule has 3 nitrogen and oxygen atoms in total. The minimum atomic E-state index is -0.0561. The number of nitrogens with one attached hydrogen (secondary N) is 2. The zero-order valence-electron chi connectivity index (χ0n) is 12.9. The average Bonchev–Trinajstić information content (AvgIpc) is 2.50. The largest absolute Gasteiger partial charge is 0.385 e. The summed E-state index contributed by atoms with van der Waals surface area (Å²) in [7, 11) is 0. The van der Waals surface area contributed by atoms with Crippen LogP contribution in [0.5, 0.6) is 0 Å². The van der Waals surface area contributed by atoms with Gasteiger partial charge >= 0.3 is 0 Å². The summed E-state index contributed by atoms with van der Waals surface area (Å²) in [5.41, 5.74) is 2.98. The molecule has 2 aromatic rings. The standard InChI is InChI=1S/C18H21ClN2O/c1-13(2)14-7-9-15(10-8-14)20-12-11-18(22)21-17-6-4-3-5-16(17)19/h3-10,13,20H,11-12H2,1-2H3,(H,21,22). The number of carbonyl (C=O) groups is 1. The van der Waals surface area contributed by atoms with E-state index in [0.29, 0.717) is 29.6 Å². The van der Waals surface area contributed by atoms with E-state index in [1.54, 1.807) is 12.1 Å². The molecule has 0 fully saturated rings. The number of para-hydroxylation sites is 1. The highest BCUT2D eigenvalue weighted by molar-refractivity contribution is 6.33. The molecule has 116 valence electrons. The van der Waals surface area contributed by atoms with Crippen LogP contribution < -0.4 is 10.6 Å². The highest BCUT2D eigenvalue weighted by Gasteiger charge is 2.05. The lowest BCUT2D eigenvalue weighted by atomic mass is 10.0. The zero-order chi connectivity index (χ0) is 15.9. The second-order valence-corrected chi connectivity index (χ2v) is 5.89. The molecule has 0 atom stereocenters. The smallest absolute Gasteiger partial charge is 0.226 e. The first-order valence-corrected chi connectivity index (χ1v) is 7.82. The van der Waals surface area contributed by atoms with Crippen molar-refractivity contribution >= 4 is 28.9 Å². The van der Waals surface area contributed by atoms with E-state index in [-0.39, 0.29) is 5.91 Å². The molecule has 2 aromatic carbocycles. The van der Waals surface area contributed by atoms with E-state index in [9.17, 15) is 4.79 Å². The second-order valence-electron chi connectivity index (χ2n) is 5.48. The van der Waals surface area contributed by atoms with Crippen LogP contribution >= 0.6 is 11.6 Å². The molecule has 2 rings (SSSR count). The summed E-state index contributed by atoms with van der Waals surface area (Å²) in [6.45, 7) is 4.92. The lowest BCUT2D eigenvalue weighted by Gasteiger charge is -2.10. The van der Waals surface area contributed by atoms with Gasteiger partial charge in [0.2, 0.25) is 5.91 Å². The van der Waals surface area contributed by atoms with Gasteiger partial charge in [-0.2, -0.15) is 0 Å². The molecule has 0 saturated heterocycles. The van der Waals surface area contributed by atoms with E-state index in [0.717, 1.165) is 5.69 Å². The van der Waals surface area contributed by atoms with Crippen molar-refractivity contribution in [2.24, 2.45) is 0 Å². The summed E-state index contributed by atoms with van der Waals surface area (Å²) in [5.74, 6) is 0.467. The van der Waals surface area contributed by atoms with Crippen LogP contribution in [0.15, 0.2) is 48.5 Å². The Morgan fingerprint density at radius 1 is 1.09 bits per heavy atom. The average molecular weight is 317 g/mol. The molecule has 0 aromatic heterocycles. The lowest BCUT2D eigenvalue weighted by molar-refractivity contribution is -0.115. The molecule has 0 spiro atoms. The van der Waals surface area contributed by atoms with Gasteiger partial charge in [-0.3, -0.25) is 4.79 Å². The molecule has 2 N–H and O–H groups in total. The van der Waals surface area contributed by atoms with Crippen LogP contribution in [0.1, 0.15) is 31.7 Å². The van der Waals surface area contributed by atoms with Crippen LogP contribution in [0.25, 0.3) is 0 Å². The monoisotopic (exact) mass is 316 g/mol. The molecule has 0 bridgehead atoms. The van der Waals surface area contributed by atoms with E-state index < -0.39 is 0 Å². The Balaban J connectivity index is 1.78. The summed E-state index contributed by atoms with van der Waals surface area (Å²) >= 11 is 6.01. The number of anilines is 2. The van der Waals surface area contributed by atoms with E-state index in [1.807, 2.05) is 24.3 Å².